The van der Waals surface area contributed by atoms with Crippen LogP contribution in [0.4, 0.5) is 0 Å². The smallest absolute Gasteiger partial charge is 0.119 e. The van der Waals surface area contributed by atoms with Crippen LogP contribution in [0.1, 0.15) is 25.3 Å². The fraction of sp³-hybridized carbons (Fsp3) is 0.375. The van der Waals surface area contributed by atoms with Crippen LogP contribution in [0, 0.1) is 11.3 Å². The summed E-state index contributed by atoms with van der Waals surface area (Å²) in [6, 6.07) is 12.0. The van der Waals surface area contributed by atoms with E-state index in [2.05, 4.69) is 26.0 Å². The summed E-state index contributed by atoms with van der Waals surface area (Å²) in [5, 5.41) is 12.6. The first-order valence-electron chi connectivity index (χ1n) is 6.48. The lowest BCUT2D eigenvalue weighted by atomic mass is 9.96. The maximum absolute atomic E-state index is 10.2. The lowest BCUT2D eigenvalue weighted by molar-refractivity contribution is 0.465. The molecule has 0 amide bonds. The molecular weight excluding hydrogens is 222 g/mol. The Labute approximate surface area is 107 Å². The Bertz CT molecular complexity index is 603. The van der Waals surface area contributed by atoms with Gasteiger partial charge in [0.15, 0.2) is 0 Å². The second-order valence-electron chi connectivity index (χ2n) is 5.86. The van der Waals surface area contributed by atoms with E-state index in [-0.39, 0.29) is 5.41 Å². The zero-order valence-electron chi connectivity index (χ0n) is 10.9. The highest BCUT2D eigenvalue weighted by Crippen LogP contribution is 2.66. The Morgan fingerprint density at radius 2 is 1.89 bits per heavy atom. The van der Waals surface area contributed by atoms with Gasteiger partial charge >= 0.3 is 0 Å². The van der Waals surface area contributed by atoms with Crippen molar-refractivity contribution in [1.29, 1.82) is 0 Å². The van der Waals surface area contributed by atoms with E-state index in [0.717, 1.165) is 10.9 Å². The van der Waals surface area contributed by atoms with Gasteiger partial charge in [-0.1, -0.05) is 44.2 Å². The van der Waals surface area contributed by atoms with Gasteiger partial charge in [-0.25, -0.2) is 0 Å². The maximum Gasteiger partial charge on any atom is 0.119 e. The Kier molecular flexibility index (Phi) is 2.39. The van der Waals surface area contributed by atoms with Crippen LogP contribution < -0.4 is 5.73 Å². The molecule has 0 saturated heterocycles. The van der Waals surface area contributed by atoms with Gasteiger partial charge in [0, 0.05) is 5.56 Å². The van der Waals surface area contributed by atoms with E-state index in [1.165, 1.54) is 5.39 Å². The minimum absolute atomic E-state index is 0.191. The van der Waals surface area contributed by atoms with E-state index in [0.29, 0.717) is 24.1 Å². The van der Waals surface area contributed by atoms with Gasteiger partial charge in [-0.2, -0.15) is 0 Å². The minimum Gasteiger partial charge on any atom is -0.508 e. The Morgan fingerprint density at radius 1 is 1.17 bits per heavy atom. The fourth-order valence-corrected chi connectivity index (χ4v) is 3.37. The summed E-state index contributed by atoms with van der Waals surface area (Å²) in [5.41, 5.74) is 7.12. The average Bonchev–Trinajstić information content (AvgIpc) is 2.90. The quantitative estimate of drug-likeness (QED) is 0.847. The Balaban J connectivity index is 2.21. The zero-order chi connectivity index (χ0) is 12.9. The van der Waals surface area contributed by atoms with Crippen molar-refractivity contribution in [3.8, 4) is 5.75 Å². The lowest BCUT2D eigenvalue weighted by Crippen LogP contribution is -2.05. The van der Waals surface area contributed by atoms with Crippen molar-refractivity contribution in [3.05, 3.63) is 42.0 Å². The number of aromatic hydroxyl groups is 1. The number of benzene rings is 2. The summed E-state index contributed by atoms with van der Waals surface area (Å²) < 4.78 is 0. The number of phenols is 1. The molecule has 1 aliphatic rings. The number of nitrogens with two attached hydrogens (primary N) is 1. The van der Waals surface area contributed by atoms with E-state index < -0.39 is 0 Å². The molecule has 94 valence electrons. The van der Waals surface area contributed by atoms with Gasteiger partial charge < -0.3 is 10.8 Å². The van der Waals surface area contributed by atoms with Crippen LogP contribution in [0.15, 0.2) is 36.4 Å². The van der Waals surface area contributed by atoms with Crippen molar-refractivity contribution in [2.45, 2.75) is 19.8 Å². The van der Waals surface area contributed by atoms with Crippen molar-refractivity contribution < 1.29 is 5.11 Å². The number of fused-ring (bicyclic) bond motifs is 1. The predicted octanol–water partition coefficient (Wildman–Crippen LogP) is 3.24. The number of hydrogen-bond donors (Lipinski definition) is 2. The molecule has 0 heterocycles. The number of rotatable bonds is 2. The molecule has 1 aliphatic carbocycles. The largest absolute Gasteiger partial charge is 0.508 e. The van der Waals surface area contributed by atoms with E-state index in [1.54, 1.807) is 6.07 Å². The molecule has 2 aromatic carbocycles. The van der Waals surface area contributed by atoms with Crippen molar-refractivity contribution in [3.63, 3.8) is 0 Å². The number of phenolic OH excluding ortho intramolecular Hbond substituents is 1. The molecule has 2 atom stereocenters. The molecule has 0 radical (unpaired) electrons. The molecule has 2 unspecified atom stereocenters. The molecule has 2 heteroatoms. The molecule has 3 rings (SSSR count). The van der Waals surface area contributed by atoms with Crippen LogP contribution in [0.2, 0.25) is 0 Å². The maximum atomic E-state index is 10.2. The van der Waals surface area contributed by atoms with Crippen LogP contribution in [-0.4, -0.2) is 11.7 Å². The highest BCUT2D eigenvalue weighted by atomic mass is 16.3. The van der Waals surface area contributed by atoms with Gasteiger partial charge in [-0.15, -0.1) is 0 Å². The topological polar surface area (TPSA) is 46.2 Å². The highest BCUT2D eigenvalue weighted by molar-refractivity contribution is 5.88. The minimum atomic E-state index is 0.191. The van der Waals surface area contributed by atoms with E-state index in [4.69, 9.17) is 5.73 Å². The Hall–Kier alpha value is -1.54. The molecule has 18 heavy (non-hydrogen) atoms. The molecular formula is C16H19NO. The normalized spacial score (nSPS) is 25.3. The summed E-state index contributed by atoms with van der Waals surface area (Å²) >= 11 is 0. The van der Waals surface area contributed by atoms with Crippen molar-refractivity contribution in [2.75, 3.05) is 6.54 Å². The second-order valence-corrected chi connectivity index (χ2v) is 5.86. The van der Waals surface area contributed by atoms with Crippen molar-refractivity contribution >= 4 is 10.8 Å². The molecule has 2 aromatic rings. The summed E-state index contributed by atoms with van der Waals surface area (Å²) in [6.45, 7) is 5.15. The van der Waals surface area contributed by atoms with Crippen LogP contribution in [0.25, 0.3) is 10.8 Å². The third kappa shape index (κ3) is 1.45. The Morgan fingerprint density at radius 3 is 2.56 bits per heavy atom. The molecule has 0 aliphatic heterocycles. The average molecular weight is 241 g/mol. The zero-order valence-corrected chi connectivity index (χ0v) is 10.9. The first-order valence-corrected chi connectivity index (χ1v) is 6.48. The first-order chi connectivity index (χ1) is 8.57. The fourth-order valence-electron chi connectivity index (χ4n) is 3.37. The molecule has 1 saturated carbocycles. The van der Waals surface area contributed by atoms with Crippen LogP contribution in [-0.2, 0) is 0 Å². The number of hydrogen-bond acceptors (Lipinski definition) is 2. The third-order valence-corrected chi connectivity index (χ3v) is 4.56. The highest BCUT2D eigenvalue weighted by Gasteiger charge is 2.58. The van der Waals surface area contributed by atoms with Crippen LogP contribution in [0.3, 0.4) is 0 Å². The first kappa shape index (κ1) is 11.5. The van der Waals surface area contributed by atoms with Gasteiger partial charge in [-0.3, -0.25) is 0 Å². The molecule has 0 aromatic heterocycles. The molecule has 0 spiro atoms. The van der Waals surface area contributed by atoms with Crippen molar-refractivity contribution in [1.82, 2.24) is 0 Å². The van der Waals surface area contributed by atoms with E-state index in [9.17, 15) is 5.11 Å². The monoisotopic (exact) mass is 241 g/mol. The summed E-state index contributed by atoms with van der Waals surface area (Å²) in [5.74, 6) is 1.24. The van der Waals surface area contributed by atoms with Gasteiger partial charge in [0.05, 0.1) is 0 Å². The van der Waals surface area contributed by atoms with Gasteiger partial charge in [-0.05, 0) is 40.6 Å². The summed E-state index contributed by atoms with van der Waals surface area (Å²) in [4.78, 5) is 0. The van der Waals surface area contributed by atoms with Crippen LogP contribution >= 0.6 is 0 Å². The summed E-state index contributed by atoms with van der Waals surface area (Å²) in [6.07, 6.45) is 0. The lowest BCUT2D eigenvalue weighted by Gasteiger charge is -2.10. The van der Waals surface area contributed by atoms with E-state index in [1.807, 2.05) is 18.2 Å². The van der Waals surface area contributed by atoms with Gasteiger partial charge in [0.2, 0.25) is 0 Å². The van der Waals surface area contributed by atoms with E-state index >= 15 is 0 Å². The second kappa shape index (κ2) is 3.72. The standard InChI is InChI=1S/C16H19NO/c1-16(2)12(9-17)15(16)14-11-6-4-3-5-10(11)7-8-13(14)18/h3-8,12,15,18H,9,17H2,1-2H3. The molecule has 2 nitrogen and oxygen atoms in total. The van der Waals surface area contributed by atoms with Gasteiger partial charge in [0.1, 0.15) is 5.75 Å². The summed E-state index contributed by atoms with van der Waals surface area (Å²) in [7, 11) is 0. The van der Waals surface area contributed by atoms with Gasteiger partial charge in [0.25, 0.3) is 0 Å². The molecule has 0 bridgehead atoms. The third-order valence-electron chi connectivity index (χ3n) is 4.56. The van der Waals surface area contributed by atoms with Crippen LogP contribution in [0.5, 0.6) is 5.75 Å². The SMILES string of the molecule is CC1(C)C(CN)C1c1c(O)ccc2ccccc12. The molecule has 1 fully saturated rings. The molecule has 3 N–H and O–H groups in total. The predicted molar refractivity (Wildman–Crippen MR) is 74.7 cm³/mol. The van der Waals surface area contributed by atoms with Crippen molar-refractivity contribution in [2.24, 2.45) is 17.1 Å².